The minimum absolute atomic E-state index is 0.709. The van der Waals surface area contributed by atoms with Crippen molar-refractivity contribution in [1.82, 2.24) is 4.90 Å². The Morgan fingerprint density at radius 2 is 2.38 bits per heavy atom. The maximum Gasteiger partial charge on any atom is 0.0205 e. The number of alkyl halides is 1. The smallest absolute Gasteiger partial charge is 0.0205 e. The Kier molecular flexibility index (Phi) is 5.37. The number of halogens is 2. The average molecular weight is 267 g/mol. The van der Waals surface area contributed by atoms with Crippen LogP contribution in [0.25, 0.3) is 0 Å². The molecule has 1 saturated heterocycles. The van der Waals surface area contributed by atoms with Gasteiger partial charge in [-0.15, -0.1) is 0 Å². The third-order valence-electron chi connectivity index (χ3n) is 2.57. The Morgan fingerprint density at radius 1 is 1.62 bits per heavy atom. The van der Waals surface area contributed by atoms with Gasteiger partial charge in [-0.25, -0.2) is 0 Å². The molecule has 0 saturated carbocycles. The van der Waals surface area contributed by atoms with Crippen LogP contribution in [-0.4, -0.2) is 29.4 Å². The molecule has 0 bridgehead atoms. The van der Waals surface area contributed by atoms with Crippen LogP contribution in [0.15, 0.2) is 11.1 Å². The molecule has 13 heavy (non-hydrogen) atoms. The fourth-order valence-electron chi connectivity index (χ4n) is 1.80. The zero-order valence-corrected chi connectivity index (χ0v) is 10.4. The van der Waals surface area contributed by atoms with Crippen molar-refractivity contribution in [3.63, 3.8) is 0 Å². The Morgan fingerprint density at radius 3 is 3.00 bits per heavy atom. The van der Waals surface area contributed by atoms with Gasteiger partial charge in [-0.05, 0) is 31.9 Å². The molecule has 1 aliphatic rings. The topological polar surface area (TPSA) is 3.24 Å². The van der Waals surface area contributed by atoms with Crippen LogP contribution in [0.2, 0.25) is 0 Å². The second-order valence-electron chi connectivity index (χ2n) is 3.73. The normalized spacial score (nSPS) is 26.4. The first-order valence-electron chi connectivity index (χ1n) is 4.83. The van der Waals surface area contributed by atoms with Gasteiger partial charge in [0, 0.05) is 23.5 Å². The van der Waals surface area contributed by atoms with Gasteiger partial charge in [0.15, 0.2) is 0 Å². The van der Waals surface area contributed by atoms with Crippen molar-refractivity contribution in [2.45, 2.75) is 32.2 Å². The highest BCUT2D eigenvalue weighted by molar-refractivity contribution is 9.09. The van der Waals surface area contributed by atoms with Crippen LogP contribution < -0.4 is 0 Å². The zero-order chi connectivity index (χ0) is 9.68. The van der Waals surface area contributed by atoms with Crippen LogP contribution in [0, 0.1) is 0 Å². The Hall–Kier alpha value is 0.470. The highest BCUT2D eigenvalue weighted by atomic mass is 79.9. The minimum atomic E-state index is 0.709. The average Bonchev–Trinajstić information content (AvgIpc) is 2.18. The van der Waals surface area contributed by atoms with E-state index in [2.05, 4.69) is 27.8 Å². The molecule has 0 radical (unpaired) electrons. The number of hydrogen-bond acceptors (Lipinski definition) is 1. The Labute approximate surface area is 94.3 Å². The van der Waals surface area contributed by atoms with E-state index in [0.29, 0.717) is 6.04 Å². The molecule has 0 aromatic heterocycles. The van der Waals surface area contributed by atoms with Gasteiger partial charge in [-0.1, -0.05) is 34.0 Å². The fraction of sp³-hybridized carbons (Fsp3) is 0.800. The van der Waals surface area contributed by atoms with E-state index >= 15 is 0 Å². The van der Waals surface area contributed by atoms with Crippen molar-refractivity contribution >= 4 is 27.5 Å². The van der Waals surface area contributed by atoms with E-state index in [-0.39, 0.29) is 0 Å². The third-order valence-corrected chi connectivity index (χ3v) is 3.69. The van der Waals surface area contributed by atoms with E-state index in [9.17, 15) is 0 Å². The van der Waals surface area contributed by atoms with Gasteiger partial charge in [0.2, 0.25) is 0 Å². The number of piperidine rings is 1. The molecule has 0 aliphatic carbocycles. The zero-order valence-electron chi connectivity index (χ0n) is 8.10. The molecule has 1 nitrogen and oxygen atoms in total. The molecule has 1 unspecified atom stereocenters. The minimum Gasteiger partial charge on any atom is -0.296 e. The first-order valence-corrected chi connectivity index (χ1v) is 6.39. The SMILES string of the molecule is CC(=CCl)CN1CCCCC1CBr. The van der Waals surface area contributed by atoms with Gasteiger partial charge in [0.1, 0.15) is 0 Å². The molecule has 0 N–H and O–H groups in total. The van der Waals surface area contributed by atoms with Crippen LogP contribution in [0.3, 0.4) is 0 Å². The predicted octanol–water partition coefficient (Wildman–Crippen LogP) is 3.38. The van der Waals surface area contributed by atoms with Gasteiger partial charge in [0.05, 0.1) is 0 Å². The van der Waals surface area contributed by atoms with E-state index in [1.165, 1.54) is 31.4 Å². The molecule has 1 heterocycles. The van der Waals surface area contributed by atoms with E-state index < -0.39 is 0 Å². The summed E-state index contributed by atoms with van der Waals surface area (Å²) < 4.78 is 0. The highest BCUT2D eigenvalue weighted by Crippen LogP contribution is 2.19. The number of nitrogens with zero attached hydrogens (tertiary/aromatic N) is 1. The first kappa shape index (κ1) is 11.5. The Balaban J connectivity index is 2.45. The van der Waals surface area contributed by atoms with E-state index in [0.717, 1.165) is 11.9 Å². The Bertz CT molecular complexity index is 182. The molecular formula is C10H17BrClN. The van der Waals surface area contributed by atoms with Gasteiger partial charge in [-0.3, -0.25) is 4.90 Å². The van der Waals surface area contributed by atoms with Crippen LogP contribution in [0.5, 0.6) is 0 Å². The van der Waals surface area contributed by atoms with Crippen LogP contribution in [-0.2, 0) is 0 Å². The summed E-state index contributed by atoms with van der Waals surface area (Å²) in [6.07, 6.45) is 4.02. The first-order chi connectivity index (χ1) is 6.27. The van der Waals surface area contributed by atoms with E-state index in [4.69, 9.17) is 11.6 Å². The lowest BCUT2D eigenvalue weighted by molar-refractivity contribution is 0.179. The maximum atomic E-state index is 5.66. The molecular weight excluding hydrogens is 249 g/mol. The molecule has 1 rings (SSSR count). The molecule has 1 aliphatic heterocycles. The lowest BCUT2D eigenvalue weighted by Gasteiger charge is -2.34. The largest absolute Gasteiger partial charge is 0.296 e. The van der Waals surface area contributed by atoms with Gasteiger partial charge < -0.3 is 0 Å². The van der Waals surface area contributed by atoms with Crippen molar-refractivity contribution in [2.24, 2.45) is 0 Å². The highest BCUT2D eigenvalue weighted by Gasteiger charge is 2.20. The second kappa shape index (κ2) is 6.05. The van der Waals surface area contributed by atoms with Gasteiger partial charge in [0.25, 0.3) is 0 Å². The van der Waals surface area contributed by atoms with E-state index in [1.807, 2.05) is 0 Å². The molecule has 0 spiro atoms. The van der Waals surface area contributed by atoms with Crippen LogP contribution in [0.4, 0.5) is 0 Å². The summed E-state index contributed by atoms with van der Waals surface area (Å²) in [4.78, 5) is 2.52. The number of likely N-dealkylation sites (tertiary alicyclic amines) is 1. The van der Waals surface area contributed by atoms with Gasteiger partial charge >= 0.3 is 0 Å². The lowest BCUT2D eigenvalue weighted by atomic mass is 10.0. The summed E-state index contributed by atoms with van der Waals surface area (Å²) in [5.74, 6) is 0. The van der Waals surface area contributed by atoms with Crippen molar-refractivity contribution in [3.8, 4) is 0 Å². The summed E-state index contributed by atoms with van der Waals surface area (Å²) in [5, 5.41) is 1.09. The lowest BCUT2D eigenvalue weighted by Crippen LogP contribution is -2.41. The summed E-state index contributed by atoms with van der Waals surface area (Å²) in [5.41, 5.74) is 2.95. The molecule has 0 aromatic carbocycles. The van der Waals surface area contributed by atoms with Crippen molar-refractivity contribution in [2.75, 3.05) is 18.4 Å². The molecule has 3 heteroatoms. The van der Waals surface area contributed by atoms with E-state index in [1.54, 1.807) is 5.54 Å². The fourth-order valence-corrected chi connectivity index (χ4v) is 2.60. The number of rotatable bonds is 3. The summed E-state index contributed by atoms with van der Waals surface area (Å²) in [6, 6.07) is 0.709. The monoisotopic (exact) mass is 265 g/mol. The quantitative estimate of drug-likeness (QED) is 0.708. The van der Waals surface area contributed by atoms with Crippen molar-refractivity contribution < 1.29 is 0 Å². The molecule has 1 atom stereocenters. The molecule has 0 amide bonds. The van der Waals surface area contributed by atoms with Crippen LogP contribution in [0.1, 0.15) is 26.2 Å². The summed E-state index contributed by atoms with van der Waals surface area (Å²) >= 11 is 9.23. The van der Waals surface area contributed by atoms with Crippen molar-refractivity contribution in [3.05, 3.63) is 11.1 Å². The molecule has 0 aromatic rings. The third kappa shape index (κ3) is 3.61. The summed E-state index contributed by atoms with van der Waals surface area (Å²) in [6.45, 7) is 4.34. The second-order valence-corrected chi connectivity index (χ2v) is 4.60. The van der Waals surface area contributed by atoms with Gasteiger partial charge in [-0.2, -0.15) is 0 Å². The predicted molar refractivity (Wildman–Crippen MR) is 62.6 cm³/mol. The number of hydrogen-bond donors (Lipinski definition) is 0. The molecule has 1 fully saturated rings. The van der Waals surface area contributed by atoms with Crippen LogP contribution >= 0.6 is 27.5 Å². The summed E-state index contributed by atoms with van der Waals surface area (Å²) in [7, 11) is 0. The maximum absolute atomic E-state index is 5.66. The standard InChI is InChI=1S/C10H17BrClN/c1-9(7-12)8-13-5-3-2-4-10(13)6-11/h7,10H,2-6,8H2,1H3. The van der Waals surface area contributed by atoms with Crippen molar-refractivity contribution in [1.29, 1.82) is 0 Å². The molecule has 76 valence electrons.